The van der Waals surface area contributed by atoms with Gasteiger partial charge >= 0.3 is 0 Å². The monoisotopic (exact) mass is 270 g/mol. The van der Waals surface area contributed by atoms with E-state index in [-0.39, 0.29) is 11.9 Å². The van der Waals surface area contributed by atoms with Gasteiger partial charge in [-0.05, 0) is 48.6 Å². The van der Waals surface area contributed by atoms with Crippen molar-refractivity contribution in [3.63, 3.8) is 0 Å². The van der Waals surface area contributed by atoms with Gasteiger partial charge in [-0.25, -0.2) is 0 Å². The molecule has 0 saturated heterocycles. The first-order valence-corrected chi connectivity index (χ1v) is 6.87. The van der Waals surface area contributed by atoms with Gasteiger partial charge in [0.25, 0.3) is 5.91 Å². The largest absolute Gasteiger partial charge is 0.467 e. The van der Waals surface area contributed by atoms with Crippen molar-refractivity contribution < 1.29 is 9.21 Å². The second-order valence-corrected chi connectivity index (χ2v) is 5.22. The fourth-order valence-electron chi connectivity index (χ4n) is 2.65. The second kappa shape index (κ2) is 5.13. The van der Waals surface area contributed by atoms with Crippen LogP contribution in [-0.2, 0) is 6.42 Å². The Bertz CT molecular complexity index is 646. The Kier molecular flexibility index (Phi) is 3.32. The molecule has 1 aromatic heterocycles. The lowest BCUT2D eigenvalue weighted by Gasteiger charge is -2.13. The molecule has 1 unspecified atom stereocenters. The van der Waals surface area contributed by atoms with E-state index in [2.05, 4.69) is 5.32 Å². The highest BCUT2D eigenvalue weighted by atomic mass is 16.3. The molecule has 1 amide bonds. The minimum absolute atomic E-state index is 0.0114. The molecule has 0 saturated carbocycles. The topological polar surface area (TPSA) is 68.3 Å². The highest BCUT2D eigenvalue weighted by Crippen LogP contribution is 2.26. The van der Waals surface area contributed by atoms with Crippen LogP contribution in [-0.4, -0.2) is 12.5 Å². The molecule has 0 aliphatic carbocycles. The predicted octanol–water partition coefficient (Wildman–Crippen LogP) is 2.31. The van der Waals surface area contributed by atoms with Crippen LogP contribution >= 0.6 is 0 Å². The maximum atomic E-state index is 12.1. The maximum absolute atomic E-state index is 12.1. The fraction of sp³-hybridized carbons (Fsp3) is 0.312. The lowest BCUT2D eigenvalue weighted by atomic mass is 9.96. The summed E-state index contributed by atoms with van der Waals surface area (Å²) in [7, 11) is 0. The van der Waals surface area contributed by atoms with E-state index < -0.39 is 0 Å². The molecule has 1 aliphatic rings. The van der Waals surface area contributed by atoms with Crippen LogP contribution in [0.3, 0.4) is 0 Å². The van der Waals surface area contributed by atoms with Crippen LogP contribution in [0.15, 0.2) is 34.9 Å². The van der Waals surface area contributed by atoms with E-state index in [1.165, 1.54) is 0 Å². The van der Waals surface area contributed by atoms with Crippen molar-refractivity contribution in [1.29, 1.82) is 0 Å². The summed E-state index contributed by atoms with van der Waals surface area (Å²) in [4.78, 5) is 12.1. The SMILES string of the molecule is Cc1ccoc1C(N)c1ccc2c(c1)C(=O)NCCC2. The Balaban J connectivity index is 2.00. The first kappa shape index (κ1) is 12.9. The number of hydrogen-bond acceptors (Lipinski definition) is 3. The molecule has 4 nitrogen and oxygen atoms in total. The number of nitrogens with one attached hydrogen (secondary N) is 1. The number of fused-ring (bicyclic) bond motifs is 1. The van der Waals surface area contributed by atoms with E-state index in [1.807, 2.05) is 31.2 Å². The van der Waals surface area contributed by atoms with Gasteiger partial charge < -0.3 is 15.5 Å². The van der Waals surface area contributed by atoms with Crippen LogP contribution < -0.4 is 11.1 Å². The summed E-state index contributed by atoms with van der Waals surface area (Å²) in [5.41, 5.74) is 10.0. The Hall–Kier alpha value is -2.07. The lowest BCUT2D eigenvalue weighted by Crippen LogP contribution is -2.23. The zero-order valence-electron chi connectivity index (χ0n) is 11.5. The van der Waals surface area contributed by atoms with Crippen molar-refractivity contribution in [1.82, 2.24) is 5.32 Å². The molecule has 2 heterocycles. The number of amides is 1. The Morgan fingerprint density at radius 3 is 2.95 bits per heavy atom. The Morgan fingerprint density at radius 2 is 2.20 bits per heavy atom. The summed E-state index contributed by atoms with van der Waals surface area (Å²) in [6, 6.07) is 7.44. The van der Waals surface area contributed by atoms with Gasteiger partial charge in [0.05, 0.1) is 12.3 Å². The van der Waals surface area contributed by atoms with E-state index >= 15 is 0 Å². The molecular formula is C16H18N2O2. The molecule has 4 heteroatoms. The van der Waals surface area contributed by atoms with Crippen molar-refractivity contribution in [3.8, 4) is 0 Å². The third-order valence-electron chi connectivity index (χ3n) is 3.83. The van der Waals surface area contributed by atoms with Gasteiger partial charge in [0.1, 0.15) is 5.76 Å². The van der Waals surface area contributed by atoms with Gasteiger partial charge in [-0.2, -0.15) is 0 Å². The molecule has 1 aromatic carbocycles. The van der Waals surface area contributed by atoms with Crippen LogP contribution in [0, 0.1) is 6.92 Å². The van der Waals surface area contributed by atoms with E-state index in [0.717, 1.165) is 47.4 Å². The zero-order chi connectivity index (χ0) is 14.1. The zero-order valence-corrected chi connectivity index (χ0v) is 11.5. The number of carbonyl (C=O) groups is 1. The molecule has 0 spiro atoms. The average Bonchev–Trinajstić information content (AvgIpc) is 2.79. The van der Waals surface area contributed by atoms with Crippen molar-refractivity contribution in [2.75, 3.05) is 6.54 Å². The summed E-state index contributed by atoms with van der Waals surface area (Å²) >= 11 is 0. The fourth-order valence-corrected chi connectivity index (χ4v) is 2.65. The Labute approximate surface area is 118 Å². The molecule has 3 N–H and O–H groups in total. The van der Waals surface area contributed by atoms with Gasteiger partial charge in [-0.1, -0.05) is 12.1 Å². The molecule has 104 valence electrons. The molecule has 0 bridgehead atoms. The molecule has 2 aromatic rings. The molecule has 0 fully saturated rings. The smallest absolute Gasteiger partial charge is 0.251 e. The number of furan rings is 1. The van der Waals surface area contributed by atoms with E-state index in [4.69, 9.17) is 10.2 Å². The maximum Gasteiger partial charge on any atom is 0.251 e. The molecule has 1 aliphatic heterocycles. The number of rotatable bonds is 2. The second-order valence-electron chi connectivity index (χ2n) is 5.22. The summed E-state index contributed by atoms with van der Waals surface area (Å²) < 4.78 is 5.45. The summed E-state index contributed by atoms with van der Waals surface area (Å²) in [5, 5.41) is 2.91. The predicted molar refractivity (Wildman–Crippen MR) is 76.6 cm³/mol. The normalized spacial score (nSPS) is 16.2. The van der Waals surface area contributed by atoms with E-state index in [9.17, 15) is 4.79 Å². The van der Waals surface area contributed by atoms with Gasteiger partial charge in [0.2, 0.25) is 0 Å². The number of aryl methyl sites for hydroxylation is 2. The molecule has 3 rings (SSSR count). The van der Waals surface area contributed by atoms with Gasteiger partial charge in [0, 0.05) is 12.1 Å². The van der Waals surface area contributed by atoms with Crippen molar-refractivity contribution in [2.45, 2.75) is 25.8 Å². The highest BCUT2D eigenvalue weighted by Gasteiger charge is 2.20. The molecule has 20 heavy (non-hydrogen) atoms. The third kappa shape index (κ3) is 2.23. The standard InChI is InChI=1S/C16H18N2O2/c1-10-6-8-20-15(10)14(17)12-5-4-11-3-2-7-18-16(19)13(11)9-12/h4-6,8-9,14H,2-3,7,17H2,1H3,(H,18,19). The molecular weight excluding hydrogens is 252 g/mol. The van der Waals surface area contributed by atoms with E-state index in [0.29, 0.717) is 0 Å². The van der Waals surface area contributed by atoms with Crippen LogP contribution in [0.5, 0.6) is 0 Å². The first-order valence-electron chi connectivity index (χ1n) is 6.87. The van der Waals surface area contributed by atoms with Gasteiger partial charge in [-0.3, -0.25) is 4.79 Å². The first-order chi connectivity index (χ1) is 9.66. The van der Waals surface area contributed by atoms with Crippen LogP contribution in [0.4, 0.5) is 0 Å². The third-order valence-corrected chi connectivity index (χ3v) is 3.83. The summed E-state index contributed by atoms with van der Waals surface area (Å²) in [6.07, 6.45) is 3.53. The summed E-state index contributed by atoms with van der Waals surface area (Å²) in [6.45, 7) is 2.70. The van der Waals surface area contributed by atoms with Crippen molar-refractivity contribution in [3.05, 3.63) is 58.5 Å². The minimum atomic E-state index is -0.341. The average molecular weight is 270 g/mol. The van der Waals surface area contributed by atoms with Crippen molar-refractivity contribution in [2.24, 2.45) is 5.73 Å². The summed E-state index contributed by atoms with van der Waals surface area (Å²) in [5.74, 6) is 0.738. The van der Waals surface area contributed by atoms with Crippen molar-refractivity contribution >= 4 is 5.91 Å². The minimum Gasteiger partial charge on any atom is -0.467 e. The Morgan fingerprint density at radius 1 is 1.35 bits per heavy atom. The molecule has 0 radical (unpaired) electrons. The van der Waals surface area contributed by atoms with Crippen LogP contribution in [0.1, 0.15) is 45.3 Å². The number of carbonyl (C=O) groups excluding carboxylic acids is 1. The molecule has 1 atom stereocenters. The number of hydrogen-bond donors (Lipinski definition) is 2. The number of benzene rings is 1. The van der Waals surface area contributed by atoms with Crippen LogP contribution in [0.2, 0.25) is 0 Å². The quantitative estimate of drug-likeness (QED) is 0.880. The lowest BCUT2D eigenvalue weighted by molar-refractivity contribution is 0.0956. The van der Waals surface area contributed by atoms with E-state index in [1.54, 1.807) is 6.26 Å². The highest BCUT2D eigenvalue weighted by molar-refractivity contribution is 5.96. The van der Waals surface area contributed by atoms with Gasteiger partial charge in [0.15, 0.2) is 0 Å². The van der Waals surface area contributed by atoms with Gasteiger partial charge in [-0.15, -0.1) is 0 Å². The van der Waals surface area contributed by atoms with Crippen LogP contribution in [0.25, 0.3) is 0 Å². The number of nitrogens with two attached hydrogens (primary N) is 1.